The molecule has 0 amide bonds. The molecule has 0 radical (unpaired) electrons. The SMILES string of the molecule is NC(=S)c1cnc2ccccc2c1NCC1CCCCO1. The van der Waals surface area contributed by atoms with Crippen LogP contribution < -0.4 is 11.1 Å². The lowest BCUT2D eigenvalue weighted by Crippen LogP contribution is -2.28. The number of ether oxygens (including phenoxy) is 1. The molecule has 1 aliphatic rings. The van der Waals surface area contributed by atoms with Gasteiger partial charge >= 0.3 is 0 Å². The van der Waals surface area contributed by atoms with Gasteiger partial charge in [0.1, 0.15) is 4.99 Å². The molecule has 21 heavy (non-hydrogen) atoms. The van der Waals surface area contributed by atoms with Crippen molar-refractivity contribution in [1.29, 1.82) is 0 Å². The minimum atomic E-state index is 0.255. The summed E-state index contributed by atoms with van der Waals surface area (Å²) in [6, 6.07) is 7.99. The minimum Gasteiger partial charge on any atom is -0.389 e. The van der Waals surface area contributed by atoms with Crippen LogP contribution in [0, 0.1) is 0 Å². The van der Waals surface area contributed by atoms with E-state index in [2.05, 4.69) is 10.3 Å². The minimum absolute atomic E-state index is 0.255. The molecule has 1 aromatic carbocycles. The first-order valence-electron chi connectivity index (χ1n) is 7.29. The van der Waals surface area contributed by atoms with Crippen molar-refractivity contribution in [1.82, 2.24) is 4.98 Å². The first-order chi connectivity index (χ1) is 10.3. The molecule has 0 aliphatic carbocycles. The summed E-state index contributed by atoms with van der Waals surface area (Å²) in [5.41, 5.74) is 8.52. The van der Waals surface area contributed by atoms with Crippen LogP contribution in [0.25, 0.3) is 10.9 Å². The Morgan fingerprint density at radius 3 is 3.00 bits per heavy atom. The summed E-state index contributed by atoms with van der Waals surface area (Å²) in [6.45, 7) is 1.62. The van der Waals surface area contributed by atoms with E-state index in [1.54, 1.807) is 6.20 Å². The number of para-hydroxylation sites is 1. The fourth-order valence-electron chi connectivity index (χ4n) is 2.70. The number of hydrogen-bond acceptors (Lipinski definition) is 4. The number of anilines is 1. The van der Waals surface area contributed by atoms with Gasteiger partial charge in [-0.3, -0.25) is 4.98 Å². The molecule has 1 atom stereocenters. The molecule has 2 aromatic rings. The van der Waals surface area contributed by atoms with Crippen molar-refractivity contribution < 1.29 is 4.74 Å². The van der Waals surface area contributed by atoms with Crippen molar-refractivity contribution in [2.24, 2.45) is 5.73 Å². The van der Waals surface area contributed by atoms with E-state index in [0.29, 0.717) is 4.99 Å². The third kappa shape index (κ3) is 3.14. The Hall–Kier alpha value is -1.72. The number of nitrogens with one attached hydrogen (secondary N) is 1. The summed E-state index contributed by atoms with van der Waals surface area (Å²) in [4.78, 5) is 4.78. The summed E-state index contributed by atoms with van der Waals surface area (Å²) in [5, 5.41) is 4.52. The summed E-state index contributed by atoms with van der Waals surface area (Å²) in [5.74, 6) is 0. The molecule has 3 N–H and O–H groups in total. The van der Waals surface area contributed by atoms with Gasteiger partial charge in [-0.1, -0.05) is 30.4 Å². The molecule has 1 fully saturated rings. The van der Waals surface area contributed by atoms with Gasteiger partial charge in [0.05, 0.1) is 22.9 Å². The van der Waals surface area contributed by atoms with E-state index in [0.717, 1.165) is 48.1 Å². The Morgan fingerprint density at radius 1 is 1.38 bits per heavy atom. The number of pyridine rings is 1. The van der Waals surface area contributed by atoms with E-state index >= 15 is 0 Å². The lowest BCUT2D eigenvalue weighted by Gasteiger charge is -2.24. The van der Waals surface area contributed by atoms with E-state index in [9.17, 15) is 0 Å². The third-order valence-corrected chi connectivity index (χ3v) is 4.04. The Morgan fingerprint density at radius 2 is 2.24 bits per heavy atom. The Bertz CT molecular complexity index is 653. The molecular formula is C16H19N3OS. The number of benzene rings is 1. The van der Waals surface area contributed by atoms with Gasteiger partial charge in [-0.05, 0) is 25.3 Å². The molecule has 0 spiro atoms. The van der Waals surface area contributed by atoms with Crippen LogP contribution in [0.4, 0.5) is 5.69 Å². The highest BCUT2D eigenvalue weighted by Crippen LogP contribution is 2.26. The Labute approximate surface area is 129 Å². The molecule has 1 aliphatic heterocycles. The second-order valence-electron chi connectivity index (χ2n) is 5.30. The maximum Gasteiger partial charge on any atom is 0.107 e. The van der Waals surface area contributed by atoms with E-state index in [1.165, 1.54) is 6.42 Å². The number of rotatable bonds is 4. The monoisotopic (exact) mass is 301 g/mol. The number of thiocarbonyl (C=S) groups is 1. The maximum atomic E-state index is 5.83. The number of fused-ring (bicyclic) bond motifs is 1. The quantitative estimate of drug-likeness (QED) is 0.850. The molecule has 3 rings (SSSR count). The van der Waals surface area contributed by atoms with Crippen molar-refractivity contribution in [2.75, 3.05) is 18.5 Å². The van der Waals surface area contributed by atoms with E-state index in [4.69, 9.17) is 22.7 Å². The van der Waals surface area contributed by atoms with Gasteiger partial charge in [-0.2, -0.15) is 0 Å². The number of hydrogen-bond donors (Lipinski definition) is 2. The molecular weight excluding hydrogens is 282 g/mol. The molecule has 1 aromatic heterocycles. The van der Waals surface area contributed by atoms with Gasteiger partial charge in [0, 0.05) is 24.7 Å². The van der Waals surface area contributed by atoms with E-state index < -0.39 is 0 Å². The van der Waals surface area contributed by atoms with Gasteiger partial charge in [0.25, 0.3) is 0 Å². The Balaban J connectivity index is 1.90. The molecule has 0 bridgehead atoms. The fraction of sp³-hybridized carbons (Fsp3) is 0.375. The van der Waals surface area contributed by atoms with Gasteiger partial charge in [-0.25, -0.2) is 0 Å². The molecule has 5 heteroatoms. The second-order valence-corrected chi connectivity index (χ2v) is 5.74. The van der Waals surface area contributed by atoms with Crippen molar-refractivity contribution in [3.63, 3.8) is 0 Å². The highest BCUT2D eigenvalue weighted by atomic mass is 32.1. The molecule has 110 valence electrons. The average molecular weight is 301 g/mol. The highest BCUT2D eigenvalue weighted by molar-refractivity contribution is 7.80. The normalized spacial score (nSPS) is 18.6. The maximum absolute atomic E-state index is 5.83. The topological polar surface area (TPSA) is 60.2 Å². The van der Waals surface area contributed by atoms with Crippen molar-refractivity contribution in [3.8, 4) is 0 Å². The van der Waals surface area contributed by atoms with Gasteiger partial charge in [0.2, 0.25) is 0 Å². The highest BCUT2D eigenvalue weighted by Gasteiger charge is 2.16. The zero-order chi connectivity index (χ0) is 14.7. The smallest absolute Gasteiger partial charge is 0.107 e. The van der Waals surface area contributed by atoms with E-state index in [1.807, 2.05) is 24.3 Å². The van der Waals surface area contributed by atoms with Crippen LogP contribution >= 0.6 is 12.2 Å². The van der Waals surface area contributed by atoms with Crippen LogP contribution in [0.15, 0.2) is 30.5 Å². The summed E-state index contributed by atoms with van der Waals surface area (Å²) < 4.78 is 5.77. The molecule has 4 nitrogen and oxygen atoms in total. The largest absolute Gasteiger partial charge is 0.389 e. The van der Waals surface area contributed by atoms with Crippen LogP contribution in [-0.2, 0) is 4.74 Å². The van der Waals surface area contributed by atoms with Crippen molar-refractivity contribution >= 4 is 33.8 Å². The van der Waals surface area contributed by atoms with Crippen molar-refractivity contribution in [3.05, 3.63) is 36.0 Å². The lowest BCUT2D eigenvalue weighted by molar-refractivity contribution is 0.0248. The van der Waals surface area contributed by atoms with Crippen LogP contribution in [0.5, 0.6) is 0 Å². The predicted octanol–water partition coefficient (Wildman–Crippen LogP) is 2.85. The van der Waals surface area contributed by atoms with Gasteiger partial charge < -0.3 is 15.8 Å². The molecule has 1 saturated heterocycles. The predicted molar refractivity (Wildman–Crippen MR) is 89.7 cm³/mol. The molecule has 0 saturated carbocycles. The zero-order valence-electron chi connectivity index (χ0n) is 11.8. The Kier molecular flexibility index (Phi) is 4.31. The number of nitrogens with zero attached hydrogens (tertiary/aromatic N) is 1. The molecule has 2 heterocycles. The molecule has 1 unspecified atom stereocenters. The second kappa shape index (κ2) is 6.37. The first-order valence-corrected chi connectivity index (χ1v) is 7.69. The average Bonchev–Trinajstić information content (AvgIpc) is 2.53. The summed E-state index contributed by atoms with van der Waals surface area (Å²) >= 11 is 5.15. The fourth-order valence-corrected chi connectivity index (χ4v) is 2.86. The lowest BCUT2D eigenvalue weighted by atomic mass is 10.1. The zero-order valence-corrected chi connectivity index (χ0v) is 12.7. The first kappa shape index (κ1) is 14.2. The van der Waals surface area contributed by atoms with Crippen LogP contribution in [0.1, 0.15) is 24.8 Å². The van der Waals surface area contributed by atoms with Crippen LogP contribution in [0.2, 0.25) is 0 Å². The number of nitrogens with two attached hydrogens (primary N) is 1. The standard InChI is InChI=1S/C16H19N3OS/c17-16(21)13-10-18-14-7-2-1-6-12(14)15(13)19-9-11-5-3-4-8-20-11/h1-2,6-7,10-11H,3-5,8-9H2,(H2,17,21)(H,18,19). The number of aromatic nitrogens is 1. The van der Waals surface area contributed by atoms with Crippen LogP contribution in [0.3, 0.4) is 0 Å². The summed E-state index contributed by atoms with van der Waals surface area (Å²) in [7, 11) is 0. The van der Waals surface area contributed by atoms with Crippen LogP contribution in [-0.4, -0.2) is 29.2 Å². The van der Waals surface area contributed by atoms with Crippen molar-refractivity contribution in [2.45, 2.75) is 25.4 Å². The van der Waals surface area contributed by atoms with Gasteiger partial charge in [0.15, 0.2) is 0 Å². The third-order valence-electron chi connectivity index (χ3n) is 3.82. The van der Waals surface area contributed by atoms with Gasteiger partial charge in [-0.15, -0.1) is 0 Å². The van der Waals surface area contributed by atoms with E-state index in [-0.39, 0.29) is 6.10 Å². The summed E-state index contributed by atoms with van der Waals surface area (Å²) in [6.07, 6.45) is 5.48.